The lowest BCUT2D eigenvalue weighted by molar-refractivity contribution is 0.185. The highest BCUT2D eigenvalue weighted by Gasteiger charge is 2.22. The first-order chi connectivity index (χ1) is 15.0. The van der Waals surface area contributed by atoms with E-state index in [1.807, 2.05) is 10.6 Å². The van der Waals surface area contributed by atoms with Crippen molar-refractivity contribution in [3.63, 3.8) is 0 Å². The van der Waals surface area contributed by atoms with E-state index in [1.54, 1.807) is 18.5 Å². The number of nitriles is 1. The van der Waals surface area contributed by atoms with Crippen LogP contribution in [0, 0.1) is 17.2 Å². The number of fused-ring (bicyclic) bond motifs is 1. The number of anilines is 3. The van der Waals surface area contributed by atoms with Crippen LogP contribution in [0.15, 0.2) is 29.0 Å². The topological polar surface area (TPSA) is 112 Å². The third-order valence-electron chi connectivity index (χ3n) is 5.71. The molecule has 9 heteroatoms. The number of aromatic nitrogens is 4. The summed E-state index contributed by atoms with van der Waals surface area (Å²) in [5.41, 5.74) is 2.74. The number of hydrogen-bond donors (Lipinski definition) is 3. The molecule has 0 amide bonds. The van der Waals surface area contributed by atoms with E-state index in [0.29, 0.717) is 28.8 Å². The van der Waals surface area contributed by atoms with Gasteiger partial charge in [0.25, 0.3) is 0 Å². The van der Waals surface area contributed by atoms with Crippen molar-refractivity contribution in [1.29, 1.82) is 5.26 Å². The van der Waals surface area contributed by atoms with Crippen molar-refractivity contribution in [2.45, 2.75) is 51.6 Å². The summed E-state index contributed by atoms with van der Waals surface area (Å²) in [5, 5.41) is 25.5. The fourth-order valence-corrected chi connectivity index (χ4v) is 4.47. The predicted molar refractivity (Wildman–Crippen MR) is 124 cm³/mol. The number of rotatable bonds is 6. The minimum Gasteiger partial charge on any atom is -0.396 e. The second-order valence-corrected chi connectivity index (χ2v) is 9.24. The van der Waals surface area contributed by atoms with Crippen LogP contribution in [-0.4, -0.2) is 37.3 Å². The van der Waals surface area contributed by atoms with Crippen LogP contribution in [0.4, 0.5) is 17.5 Å². The van der Waals surface area contributed by atoms with Crippen molar-refractivity contribution < 1.29 is 5.11 Å². The van der Waals surface area contributed by atoms with Crippen LogP contribution in [-0.2, 0) is 0 Å². The van der Waals surface area contributed by atoms with Crippen molar-refractivity contribution in [2.75, 3.05) is 17.2 Å². The fourth-order valence-electron chi connectivity index (χ4n) is 3.98. The largest absolute Gasteiger partial charge is 0.396 e. The molecule has 162 valence electrons. The summed E-state index contributed by atoms with van der Waals surface area (Å²) in [4.78, 5) is 14.1. The number of hydrogen-bond acceptors (Lipinski definition) is 7. The van der Waals surface area contributed by atoms with E-state index in [4.69, 9.17) is 9.97 Å². The highest BCUT2D eigenvalue weighted by Crippen LogP contribution is 2.30. The summed E-state index contributed by atoms with van der Waals surface area (Å²) in [6, 6.07) is 8.10. The second-order valence-electron chi connectivity index (χ2n) is 8.32. The van der Waals surface area contributed by atoms with Gasteiger partial charge in [-0.2, -0.15) is 15.2 Å². The number of aliphatic hydroxyl groups excluding tert-OH is 1. The summed E-state index contributed by atoms with van der Waals surface area (Å²) in [5.74, 6) is 1.55. The molecule has 0 bridgehead atoms. The van der Waals surface area contributed by atoms with Gasteiger partial charge in [0, 0.05) is 28.9 Å². The fraction of sp³-hybridized carbons (Fsp3) is 0.455. The third kappa shape index (κ3) is 4.81. The second kappa shape index (κ2) is 9.20. The minimum absolute atomic E-state index is 0.205. The summed E-state index contributed by atoms with van der Waals surface area (Å²) >= 11 is 3.46. The number of nitrogens with zero attached hydrogens (tertiary/aromatic N) is 5. The molecule has 2 aromatic heterocycles. The van der Waals surface area contributed by atoms with E-state index in [1.165, 1.54) is 0 Å². The zero-order valence-corrected chi connectivity index (χ0v) is 19.2. The van der Waals surface area contributed by atoms with Crippen molar-refractivity contribution >= 4 is 44.5 Å². The SMILES string of the molecule is CC(C)n1cnc2c(Nc3cc(Br)cc(C#N)c3)nc(NC3CCC(CO)CC3)nc21. The molecule has 31 heavy (non-hydrogen) atoms. The van der Waals surface area contributed by atoms with E-state index >= 15 is 0 Å². The van der Waals surface area contributed by atoms with Crippen molar-refractivity contribution in [3.8, 4) is 6.07 Å². The van der Waals surface area contributed by atoms with Gasteiger partial charge in [0.15, 0.2) is 17.0 Å². The van der Waals surface area contributed by atoms with E-state index < -0.39 is 0 Å². The minimum atomic E-state index is 0.205. The smallest absolute Gasteiger partial charge is 0.227 e. The molecule has 8 nitrogen and oxygen atoms in total. The molecular weight excluding hydrogens is 458 g/mol. The first-order valence-corrected chi connectivity index (χ1v) is 11.4. The maximum absolute atomic E-state index is 9.39. The van der Waals surface area contributed by atoms with Gasteiger partial charge in [-0.25, -0.2) is 4.98 Å². The van der Waals surface area contributed by atoms with E-state index in [9.17, 15) is 10.4 Å². The van der Waals surface area contributed by atoms with Gasteiger partial charge in [-0.3, -0.25) is 0 Å². The highest BCUT2D eigenvalue weighted by atomic mass is 79.9. The van der Waals surface area contributed by atoms with Crippen molar-refractivity contribution in [3.05, 3.63) is 34.6 Å². The molecule has 1 aliphatic carbocycles. The van der Waals surface area contributed by atoms with Gasteiger partial charge >= 0.3 is 0 Å². The molecule has 0 aliphatic heterocycles. The number of benzene rings is 1. The number of aliphatic hydroxyl groups is 1. The monoisotopic (exact) mass is 483 g/mol. The molecule has 0 spiro atoms. The third-order valence-corrected chi connectivity index (χ3v) is 6.16. The average Bonchev–Trinajstić information content (AvgIpc) is 3.18. The summed E-state index contributed by atoms with van der Waals surface area (Å²) in [6.45, 7) is 4.44. The van der Waals surface area contributed by atoms with E-state index in [-0.39, 0.29) is 18.7 Å². The lowest BCUT2D eigenvalue weighted by atomic mass is 9.87. The quantitative estimate of drug-likeness (QED) is 0.463. The predicted octanol–water partition coefficient (Wildman–Crippen LogP) is 4.75. The number of imidazole rings is 1. The average molecular weight is 484 g/mol. The van der Waals surface area contributed by atoms with Crippen LogP contribution in [0.1, 0.15) is 51.1 Å². The Hall–Kier alpha value is -2.70. The Morgan fingerprint density at radius 1 is 1.23 bits per heavy atom. The summed E-state index contributed by atoms with van der Waals surface area (Å²) < 4.78 is 2.84. The van der Waals surface area contributed by atoms with Crippen LogP contribution >= 0.6 is 15.9 Å². The molecular formula is C22H26BrN7O. The Morgan fingerprint density at radius 2 is 2.00 bits per heavy atom. The highest BCUT2D eigenvalue weighted by molar-refractivity contribution is 9.10. The van der Waals surface area contributed by atoms with Gasteiger partial charge < -0.3 is 20.3 Å². The molecule has 3 aromatic rings. The molecule has 1 aliphatic rings. The molecule has 1 aromatic carbocycles. The zero-order chi connectivity index (χ0) is 22.0. The Balaban J connectivity index is 1.68. The zero-order valence-electron chi connectivity index (χ0n) is 17.6. The lowest BCUT2D eigenvalue weighted by Gasteiger charge is -2.28. The number of halogens is 1. The lowest BCUT2D eigenvalue weighted by Crippen LogP contribution is -2.28. The van der Waals surface area contributed by atoms with Gasteiger partial charge in [0.05, 0.1) is 18.0 Å². The maximum atomic E-state index is 9.39. The van der Waals surface area contributed by atoms with Gasteiger partial charge in [-0.05, 0) is 63.6 Å². The first kappa shape index (κ1) is 21.5. The first-order valence-electron chi connectivity index (χ1n) is 10.6. The van der Waals surface area contributed by atoms with Crippen LogP contribution in [0.3, 0.4) is 0 Å². The molecule has 1 fully saturated rings. The molecule has 0 atom stereocenters. The molecule has 3 N–H and O–H groups in total. The normalized spacial score (nSPS) is 18.8. The van der Waals surface area contributed by atoms with Gasteiger partial charge in [0.2, 0.25) is 5.95 Å². The van der Waals surface area contributed by atoms with E-state index in [2.05, 4.69) is 51.5 Å². The van der Waals surface area contributed by atoms with Gasteiger partial charge in [-0.15, -0.1) is 0 Å². The molecule has 1 saturated carbocycles. The summed E-state index contributed by atoms with van der Waals surface area (Å²) in [7, 11) is 0. The molecule has 4 rings (SSSR count). The van der Waals surface area contributed by atoms with Crippen LogP contribution in [0.25, 0.3) is 11.2 Å². The van der Waals surface area contributed by atoms with E-state index in [0.717, 1.165) is 41.5 Å². The molecule has 0 saturated heterocycles. The standard InChI is InChI=1S/C22H26BrN7O/c1-13(2)30-12-25-19-20(26-18-8-15(10-24)7-16(23)9-18)28-22(29-21(19)30)27-17-5-3-14(11-31)4-6-17/h7-9,12-14,17,31H,3-6,11H2,1-2H3,(H2,26,27,28,29). The maximum Gasteiger partial charge on any atom is 0.227 e. The van der Waals surface area contributed by atoms with Crippen LogP contribution in [0.2, 0.25) is 0 Å². The summed E-state index contributed by atoms with van der Waals surface area (Å²) in [6.07, 6.45) is 5.75. The number of nitrogens with one attached hydrogen (secondary N) is 2. The van der Waals surface area contributed by atoms with Gasteiger partial charge in [0.1, 0.15) is 0 Å². The Morgan fingerprint density at radius 3 is 2.68 bits per heavy atom. The Kier molecular flexibility index (Phi) is 6.39. The molecule has 2 heterocycles. The van der Waals surface area contributed by atoms with Crippen LogP contribution < -0.4 is 10.6 Å². The van der Waals surface area contributed by atoms with Crippen LogP contribution in [0.5, 0.6) is 0 Å². The van der Waals surface area contributed by atoms with Crippen molar-refractivity contribution in [1.82, 2.24) is 19.5 Å². The van der Waals surface area contributed by atoms with Gasteiger partial charge in [-0.1, -0.05) is 15.9 Å². The van der Waals surface area contributed by atoms with Crippen molar-refractivity contribution in [2.24, 2.45) is 5.92 Å². The molecule has 0 unspecified atom stereocenters. The molecule has 0 radical (unpaired) electrons. The Labute approximate surface area is 189 Å². The Bertz CT molecular complexity index is 1110.